The van der Waals surface area contributed by atoms with Gasteiger partial charge in [0.05, 0.1) is 22.1 Å². The Morgan fingerprint density at radius 2 is 1.11 bits per heavy atom. The Hall–Kier alpha value is -5.45. The normalized spacial score (nSPS) is 11.5. The zero-order valence-corrected chi connectivity index (χ0v) is 25.1. The molecule has 0 spiro atoms. The molecule has 0 aliphatic carbocycles. The quantitative estimate of drug-likeness (QED) is 0.187. The van der Waals surface area contributed by atoms with Crippen LogP contribution in [0.4, 0.5) is 8.78 Å². The van der Waals surface area contributed by atoms with E-state index in [0.29, 0.717) is 6.29 Å². The number of nitrogens with zero attached hydrogens (tertiary/aromatic N) is 6. The first kappa shape index (κ1) is 32.0. The molecule has 0 aliphatic rings. The fourth-order valence-corrected chi connectivity index (χ4v) is 6.98. The van der Waals surface area contributed by atoms with Gasteiger partial charge in [-0.1, -0.05) is 36.4 Å². The summed E-state index contributed by atoms with van der Waals surface area (Å²) in [6.45, 7) is -0.466. The summed E-state index contributed by atoms with van der Waals surface area (Å²) in [6, 6.07) is 23.3. The van der Waals surface area contributed by atoms with Gasteiger partial charge in [0.25, 0.3) is 0 Å². The Morgan fingerprint density at radius 1 is 0.652 bits per heavy atom. The standard InChI is InChI=1S/C15H12FN3O3S.C15H10FN3O3S/c2*16-15-13(7-4-8-17-15)19-14(9-11(10-20)18-19)23(21,22)12-5-2-1-3-6-12/h1-9,20H,10H2;1-10H. The first-order valence-corrected chi connectivity index (χ1v) is 16.1. The number of rotatable bonds is 8. The maximum Gasteiger partial charge on any atom is 0.238 e. The molecule has 1 N–H and O–H groups in total. The highest BCUT2D eigenvalue weighted by Crippen LogP contribution is 2.26. The largest absolute Gasteiger partial charge is 0.390 e. The maximum atomic E-state index is 13.9. The van der Waals surface area contributed by atoms with Crippen molar-refractivity contribution in [3.63, 3.8) is 0 Å². The van der Waals surface area contributed by atoms with Crippen LogP contribution in [0.3, 0.4) is 0 Å². The summed E-state index contributed by atoms with van der Waals surface area (Å²) in [5.41, 5.74) is -0.276. The van der Waals surface area contributed by atoms with E-state index in [0.717, 1.165) is 15.4 Å². The third-order valence-electron chi connectivity index (χ3n) is 6.30. The second-order valence-corrected chi connectivity index (χ2v) is 13.0. The second-order valence-electron chi connectivity index (χ2n) is 9.24. The Kier molecular flexibility index (Phi) is 9.22. The number of aliphatic hydroxyl groups excluding tert-OH is 1. The monoisotopic (exact) mass is 664 g/mol. The lowest BCUT2D eigenvalue weighted by molar-refractivity contribution is 0.111. The zero-order chi connectivity index (χ0) is 32.9. The molecule has 4 heterocycles. The van der Waals surface area contributed by atoms with E-state index in [1.165, 1.54) is 67.0 Å². The van der Waals surface area contributed by atoms with Crippen LogP contribution in [0.5, 0.6) is 0 Å². The first-order chi connectivity index (χ1) is 22.1. The number of hydrogen-bond acceptors (Lipinski definition) is 10. The predicted octanol–water partition coefficient (Wildman–Crippen LogP) is 3.78. The summed E-state index contributed by atoms with van der Waals surface area (Å²) in [7, 11) is -7.91. The molecule has 0 aliphatic heterocycles. The number of pyridine rings is 2. The lowest BCUT2D eigenvalue weighted by atomic mass is 10.4. The van der Waals surface area contributed by atoms with Crippen LogP contribution in [0, 0.1) is 11.9 Å². The molecule has 46 heavy (non-hydrogen) atoms. The van der Waals surface area contributed by atoms with Crippen LogP contribution in [0.1, 0.15) is 16.2 Å². The number of aldehydes is 1. The summed E-state index contributed by atoms with van der Waals surface area (Å²) in [5, 5.41) is 16.5. The molecule has 0 amide bonds. The van der Waals surface area contributed by atoms with Gasteiger partial charge in [-0.3, -0.25) is 4.79 Å². The predicted molar refractivity (Wildman–Crippen MR) is 158 cm³/mol. The van der Waals surface area contributed by atoms with E-state index in [9.17, 15) is 35.5 Å². The van der Waals surface area contributed by atoms with E-state index >= 15 is 0 Å². The summed E-state index contributed by atoms with van der Waals surface area (Å²) in [6.07, 6.45) is 2.88. The Balaban J connectivity index is 0.000000181. The molecule has 16 heteroatoms. The van der Waals surface area contributed by atoms with Crippen molar-refractivity contribution in [3.8, 4) is 11.4 Å². The number of halogens is 2. The highest BCUT2D eigenvalue weighted by atomic mass is 32.2. The molecule has 234 valence electrons. The molecular formula is C30H22F2N6O6S2. The number of aromatic nitrogens is 6. The number of aliphatic hydroxyl groups is 1. The number of hydrogen-bond donors (Lipinski definition) is 1. The molecule has 0 unspecified atom stereocenters. The summed E-state index contributed by atoms with van der Waals surface area (Å²) in [4.78, 5) is 18.0. The smallest absolute Gasteiger partial charge is 0.238 e. The molecule has 2 aromatic carbocycles. The van der Waals surface area contributed by atoms with Crippen molar-refractivity contribution >= 4 is 26.0 Å². The van der Waals surface area contributed by atoms with E-state index in [4.69, 9.17) is 0 Å². The van der Waals surface area contributed by atoms with Crippen molar-refractivity contribution in [1.29, 1.82) is 0 Å². The maximum absolute atomic E-state index is 13.9. The van der Waals surface area contributed by atoms with Gasteiger partial charge in [-0.05, 0) is 48.5 Å². The fraction of sp³-hybridized carbons (Fsp3) is 0.0333. The number of carbonyl (C=O) groups excluding carboxylic acids is 1. The Morgan fingerprint density at radius 3 is 1.54 bits per heavy atom. The highest BCUT2D eigenvalue weighted by Gasteiger charge is 2.27. The molecule has 0 bridgehead atoms. The molecule has 6 aromatic rings. The summed E-state index contributed by atoms with van der Waals surface area (Å²) >= 11 is 0. The summed E-state index contributed by atoms with van der Waals surface area (Å²) < 4.78 is 80.7. The number of benzene rings is 2. The average molecular weight is 665 g/mol. The first-order valence-electron chi connectivity index (χ1n) is 13.1. The van der Waals surface area contributed by atoms with Crippen molar-refractivity contribution in [2.75, 3.05) is 0 Å². The van der Waals surface area contributed by atoms with E-state index in [2.05, 4.69) is 20.2 Å². The third kappa shape index (κ3) is 6.35. The van der Waals surface area contributed by atoms with Gasteiger partial charge in [0.15, 0.2) is 16.3 Å². The van der Waals surface area contributed by atoms with Gasteiger partial charge in [0, 0.05) is 24.5 Å². The van der Waals surface area contributed by atoms with Crippen LogP contribution < -0.4 is 0 Å². The van der Waals surface area contributed by atoms with Crippen molar-refractivity contribution in [2.45, 2.75) is 26.4 Å². The molecule has 0 saturated heterocycles. The minimum Gasteiger partial charge on any atom is -0.390 e. The van der Waals surface area contributed by atoms with Gasteiger partial charge in [-0.15, -0.1) is 0 Å². The van der Waals surface area contributed by atoms with Gasteiger partial charge in [-0.25, -0.2) is 36.2 Å². The van der Waals surface area contributed by atoms with E-state index in [1.54, 1.807) is 36.4 Å². The van der Waals surface area contributed by atoms with Crippen molar-refractivity contribution in [2.24, 2.45) is 0 Å². The fourth-order valence-electron chi connectivity index (χ4n) is 4.17. The van der Waals surface area contributed by atoms with Crippen molar-refractivity contribution in [1.82, 2.24) is 29.5 Å². The van der Waals surface area contributed by atoms with E-state index < -0.39 is 38.2 Å². The topological polar surface area (TPSA) is 167 Å². The molecule has 0 fully saturated rings. The lowest BCUT2D eigenvalue weighted by Crippen LogP contribution is -2.11. The van der Waals surface area contributed by atoms with Gasteiger partial charge in [0.1, 0.15) is 17.1 Å². The zero-order valence-electron chi connectivity index (χ0n) is 23.4. The second kappa shape index (κ2) is 13.3. The lowest BCUT2D eigenvalue weighted by Gasteiger charge is -2.08. The van der Waals surface area contributed by atoms with Gasteiger partial charge >= 0.3 is 0 Å². The van der Waals surface area contributed by atoms with Crippen molar-refractivity contribution in [3.05, 3.63) is 133 Å². The molecule has 0 radical (unpaired) electrons. The van der Waals surface area contributed by atoms with Crippen LogP contribution in [-0.4, -0.2) is 57.8 Å². The van der Waals surface area contributed by atoms with Crippen molar-refractivity contribution < 1.29 is 35.5 Å². The van der Waals surface area contributed by atoms with E-state index in [-0.39, 0.29) is 42.6 Å². The number of sulfone groups is 2. The molecule has 12 nitrogen and oxygen atoms in total. The van der Waals surface area contributed by atoms with Crippen LogP contribution in [-0.2, 0) is 26.3 Å². The SMILES string of the molecule is O=Cc1cc(S(=O)(=O)c2ccccc2)n(-c2cccnc2F)n1.O=S(=O)(c1ccccc1)c1cc(CO)nn1-c1cccnc1F. The third-order valence-corrected chi connectivity index (χ3v) is 9.77. The molecule has 0 atom stereocenters. The van der Waals surface area contributed by atoms with Crippen LogP contribution in [0.25, 0.3) is 11.4 Å². The van der Waals surface area contributed by atoms with E-state index in [1.807, 2.05) is 0 Å². The van der Waals surface area contributed by atoms with Gasteiger partial charge in [-0.2, -0.15) is 19.0 Å². The summed E-state index contributed by atoms with van der Waals surface area (Å²) in [5.74, 6) is -1.75. The average Bonchev–Trinajstić information content (AvgIpc) is 3.72. The van der Waals surface area contributed by atoms with Crippen LogP contribution >= 0.6 is 0 Å². The highest BCUT2D eigenvalue weighted by molar-refractivity contribution is 7.91. The molecule has 0 saturated carbocycles. The minimum absolute atomic E-state index is 0.0166. The number of carbonyl (C=O) groups is 1. The van der Waals surface area contributed by atoms with Gasteiger partial charge in [0.2, 0.25) is 31.6 Å². The van der Waals surface area contributed by atoms with Gasteiger partial charge < -0.3 is 5.11 Å². The van der Waals surface area contributed by atoms with Crippen LogP contribution in [0.15, 0.2) is 129 Å². The Bertz CT molecular complexity index is 2230. The minimum atomic E-state index is -3.98. The Labute approximate surface area is 261 Å². The molecule has 4 aromatic heterocycles. The molecule has 6 rings (SSSR count). The molecular weight excluding hydrogens is 642 g/mol. The van der Waals surface area contributed by atoms with Crippen LogP contribution in [0.2, 0.25) is 0 Å².